The number of nitrogens with one attached hydrogen (secondary N) is 1. The van der Waals surface area contributed by atoms with E-state index in [0.29, 0.717) is 15.7 Å². The van der Waals surface area contributed by atoms with Gasteiger partial charge >= 0.3 is 0 Å². The van der Waals surface area contributed by atoms with Crippen LogP contribution in [0.25, 0.3) is 0 Å². The quantitative estimate of drug-likeness (QED) is 0.807. The number of nitrogens with two attached hydrogens (primary N) is 1. The molecule has 0 spiro atoms. The first-order valence-corrected chi connectivity index (χ1v) is 6.46. The fourth-order valence-electron chi connectivity index (χ4n) is 1.47. The van der Waals surface area contributed by atoms with Gasteiger partial charge in [-0.2, -0.15) is 0 Å². The number of halogens is 3. The number of hydrogen-bond acceptors (Lipinski definition) is 2. The van der Waals surface area contributed by atoms with Crippen LogP contribution in [-0.4, -0.2) is 5.91 Å². The number of rotatable bonds is 2. The molecule has 3 nitrogen and oxygen atoms in total. The van der Waals surface area contributed by atoms with Crippen molar-refractivity contribution < 1.29 is 9.18 Å². The lowest BCUT2D eigenvalue weighted by atomic mass is 10.2. The number of hydrogen-bond donors (Lipinski definition) is 2. The van der Waals surface area contributed by atoms with E-state index in [9.17, 15) is 9.18 Å². The molecule has 6 heteroatoms. The molecule has 2 aromatic rings. The fraction of sp³-hybridized carbons (Fsp3) is 0. The molecular formula is C13H9BrClFN2O. The normalized spacial score (nSPS) is 10.3. The summed E-state index contributed by atoms with van der Waals surface area (Å²) in [6.07, 6.45) is 0. The van der Waals surface area contributed by atoms with Gasteiger partial charge < -0.3 is 11.1 Å². The average Bonchev–Trinajstić information content (AvgIpc) is 2.37. The lowest BCUT2D eigenvalue weighted by molar-refractivity contribution is 0.102. The third-order valence-corrected chi connectivity index (χ3v) is 3.47. The number of benzene rings is 2. The third-order valence-electron chi connectivity index (χ3n) is 2.46. The van der Waals surface area contributed by atoms with E-state index >= 15 is 0 Å². The lowest BCUT2D eigenvalue weighted by Crippen LogP contribution is -2.13. The van der Waals surface area contributed by atoms with Crippen LogP contribution in [0.1, 0.15) is 10.4 Å². The van der Waals surface area contributed by atoms with Crippen LogP contribution in [-0.2, 0) is 0 Å². The van der Waals surface area contributed by atoms with Crippen LogP contribution < -0.4 is 11.1 Å². The SMILES string of the molecule is Nc1ccc(C(=O)Nc2c(F)cccc2Cl)cc1Br. The van der Waals surface area contributed by atoms with Gasteiger partial charge in [0.05, 0.1) is 10.7 Å². The molecule has 0 aliphatic carbocycles. The van der Waals surface area contributed by atoms with E-state index in [4.69, 9.17) is 17.3 Å². The van der Waals surface area contributed by atoms with Crippen molar-refractivity contribution in [1.29, 1.82) is 0 Å². The van der Waals surface area contributed by atoms with Gasteiger partial charge in [-0.25, -0.2) is 4.39 Å². The zero-order valence-corrected chi connectivity index (χ0v) is 11.9. The van der Waals surface area contributed by atoms with Gasteiger partial charge in [-0.1, -0.05) is 17.7 Å². The van der Waals surface area contributed by atoms with Crippen LogP contribution in [0.5, 0.6) is 0 Å². The Bertz CT molecular complexity index is 628. The summed E-state index contributed by atoms with van der Waals surface area (Å²) in [5.74, 6) is -1.05. The van der Waals surface area contributed by atoms with Gasteiger partial charge in [0.2, 0.25) is 0 Å². The first-order valence-electron chi connectivity index (χ1n) is 5.29. The maximum Gasteiger partial charge on any atom is 0.255 e. The zero-order valence-electron chi connectivity index (χ0n) is 9.58. The van der Waals surface area contributed by atoms with Crippen molar-refractivity contribution in [3.63, 3.8) is 0 Å². The average molecular weight is 344 g/mol. The summed E-state index contributed by atoms with van der Waals surface area (Å²) in [6.45, 7) is 0. The second kappa shape index (κ2) is 5.59. The molecule has 0 fully saturated rings. The Hall–Kier alpha value is -1.59. The van der Waals surface area contributed by atoms with Crippen molar-refractivity contribution in [3.05, 3.63) is 57.3 Å². The second-order valence-corrected chi connectivity index (χ2v) is 5.05. The smallest absolute Gasteiger partial charge is 0.255 e. The van der Waals surface area contributed by atoms with E-state index in [2.05, 4.69) is 21.2 Å². The number of amides is 1. The number of carbonyl (C=O) groups excluding carboxylic acids is 1. The Morgan fingerprint density at radius 3 is 2.68 bits per heavy atom. The molecule has 0 saturated heterocycles. The van der Waals surface area contributed by atoms with Crippen molar-refractivity contribution in [2.24, 2.45) is 0 Å². The summed E-state index contributed by atoms with van der Waals surface area (Å²) >= 11 is 9.06. The zero-order chi connectivity index (χ0) is 14.0. The van der Waals surface area contributed by atoms with Crippen LogP contribution in [0.2, 0.25) is 5.02 Å². The molecule has 0 atom stereocenters. The Labute approximate surface area is 122 Å². The first kappa shape index (κ1) is 13.8. The molecule has 2 rings (SSSR count). The molecule has 0 saturated carbocycles. The van der Waals surface area contributed by atoms with Crippen molar-refractivity contribution >= 4 is 44.8 Å². The Morgan fingerprint density at radius 2 is 2.05 bits per heavy atom. The van der Waals surface area contributed by atoms with Gasteiger partial charge in [-0.15, -0.1) is 0 Å². The van der Waals surface area contributed by atoms with E-state index in [1.165, 1.54) is 18.2 Å². The third kappa shape index (κ3) is 3.05. The number of para-hydroxylation sites is 1. The van der Waals surface area contributed by atoms with E-state index in [0.717, 1.165) is 0 Å². The molecule has 0 radical (unpaired) electrons. The maximum absolute atomic E-state index is 13.5. The Kier molecular flexibility index (Phi) is 4.07. The molecule has 1 amide bonds. The van der Waals surface area contributed by atoms with Crippen molar-refractivity contribution in [2.45, 2.75) is 0 Å². The summed E-state index contributed by atoms with van der Waals surface area (Å²) < 4.78 is 14.1. The molecule has 0 aliphatic heterocycles. The number of carbonyl (C=O) groups is 1. The number of nitrogen functional groups attached to an aromatic ring is 1. The summed E-state index contributed by atoms with van der Waals surface area (Å²) in [6, 6.07) is 8.87. The molecule has 98 valence electrons. The largest absolute Gasteiger partial charge is 0.398 e. The van der Waals surface area contributed by atoms with E-state index in [-0.39, 0.29) is 10.7 Å². The fourth-order valence-corrected chi connectivity index (χ4v) is 2.06. The second-order valence-electron chi connectivity index (χ2n) is 3.79. The maximum atomic E-state index is 13.5. The van der Waals surface area contributed by atoms with Crippen molar-refractivity contribution in [1.82, 2.24) is 0 Å². The summed E-state index contributed by atoms with van der Waals surface area (Å²) in [4.78, 5) is 12.0. The number of anilines is 2. The molecule has 0 unspecified atom stereocenters. The molecular weight excluding hydrogens is 335 g/mol. The van der Waals surface area contributed by atoms with Gasteiger partial charge in [-0.3, -0.25) is 4.79 Å². The minimum atomic E-state index is -0.588. The molecule has 0 bridgehead atoms. The van der Waals surface area contributed by atoms with E-state index < -0.39 is 11.7 Å². The van der Waals surface area contributed by atoms with Crippen LogP contribution >= 0.6 is 27.5 Å². The van der Waals surface area contributed by atoms with Gasteiger partial charge in [0.25, 0.3) is 5.91 Å². The molecule has 2 aromatic carbocycles. The molecule has 0 aromatic heterocycles. The van der Waals surface area contributed by atoms with Gasteiger partial charge in [-0.05, 0) is 46.3 Å². The summed E-state index contributed by atoms with van der Waals surface area (Å²) in [7, 11) is 0. The minimum Gasteiger partial charge on any atom is -0.398 e. The molecule has 3 N–H and O–H groups in total. The topological polar surface area (TPSA) is 55.1 Å². The minimum absolute atomic E-state index is 0.0397. The van der Waals surface area contributed by atoms with Gasteiger partial charge in [0.1, 0.15) is 5.82 Å². The van der Waals surface area contributed by atoms with E-state index in [1.54, 1.807) is 18.2 Å². The highest BCUT2D eigenvalue weighted by Crippen LogP contribution is 2.26. The molecule has 0 heterocycles. The van der Waals surface area contributed by atoms with Crippen LogP contribution in [0.4, 0.5) is 15.8 Å². The van der Waals surface area contributed by atoms with Crippen LogP contribution in [0, 0.1) is 5.82 Å². The van der Waals surface area contributed by atoms with Crippen LogP contribution in [0.15, 0.2) is 40.9 Å². The van der Waals surface area contributed by atoms with Gasteiger partial charge in [0, 0.05) is 15.7 Å². The summed E-state index contributed by atoms with van der Waals surface area (Å²) in [5.41, 5.74) is 6.45. The predicted molar refractivity (Wildman–Crippen MR) is 77.9 cm³/mol. The first-order chi connectivity index (χ1) is 8.99. The highest BCUT2D eigenvalue weighted by molar-refractivity contribution is 9.10. The Morgan fingerprint density at radius 1 is 1.32 bits per heavy atom. The predicted octanol–water partition coefficient (Wildman–Crippen LogP) is 4.08. The molecule has 0 aliphatic rings. The van der Waals surface area contributed by atoms with Crippen molar-refractivity contribution in [3.8, 4) is 0 Å². The highest BCUT2D eigenvalue weighted by atomic mass is 79.9. The summed E-state index contributed by atoms with van der Waals surface area (Å²) in [5, 5.41) is 2.58. The van der Waals surface area contributed by atoms with Crippen LogP contribution in [0.3, 0.4) is 0 Å². The standard InChI is InChI=1S/C13H9BrClFN2O/c14-8-6-7(4-5-11(8)17)13(19)18-12-9(15)2-1-3-10(12)16/h1-6H,17H2,(H,18,19). The molecule has 19 heavy (non-hydrogen) atoms. The monoisotopic (exact) mass is 342 g/mol. The van der Waals surface area contributed by atoms with Crippen molar-refractivity contribution in [2.75, 3.05) is 11.1 Å². The van der Waals surface area contributed by atoms with E-state index in [1.807, 2.05) is 0 Å². The Balaban J connectivity index is 2.28. The highest BCUT2D eigenvalue weighted by Gasteiger charge is 2.13. The van der Waals surface area contributed by atoms with Gasteiger partial charge in [0.15, 0.2) is 0 Å². The lowest BCUT2D eigenvalue weighted by Gasteiger charge is -2.09.